The van der Waals surface area contributed by atoms with E-state index in [4.69, 9.17) is 4.74 Å². The number of imidazole rings is 1. The van der Waals surface area contributed by atoms with E-state index in [0.29, 0.717) is 29.0 Å². The van der Waals surface area contributed by atoms with Crippen LogP contribution in [0, 0.1) is 6.92 Å². The van der Waals surface area contributed by atoms with Crippen molar-refractivity contribution >= 4 is 11.6 Å². The molecule has 2 heterocycles. The lowest BCUT2D eigenvalue weighted by molar-refractivity contribution is -0.137. The van der Waals surface area contributed by atoms with E-state index >= 15 is 0 Å². The first kappa shape index (κ1) is 22.0. The van der Waals surface area contributed by atoms with Crippen LogP contribution in [0.5, 0.6) is 11.6 Å². The van der Waals surface area contributed by atoms with Crippen molar-refractivity contribution in [2.75, 3.05) is 5.32 Å². The van der Waals surface area contributed by atoms with Crippen LogP contribution in [0.1, 0.15) is 17.0 Å². The molecule has 10 heteroatoms. The summed E-state index contributed by atoms with van der Waals surface area (Å²) >= 11 is 0. The number of nitrogens with zero attached hydrogens (tertiary/aromatic N) is 4. The van der Waals surface area contributed by atoms with Crippen molar-refractivity contribution in [3.05, 3.63) is 90.3 Å². The number of aryl methyl sites for hydroxylation is 1. The monoisotopic (exact) mass is 453 g/mol. The molecule has 0 fully saturated rings. The number of halogens is 3. The van der Waals surface area contributed by atoms with Crippen molar-refractivity contribution in [2.45, 2.75) is 19.5 Å². The number of amides is 1. The van der Waals surface area contributed by atoms with E-state index in [1.165, 1.54) is 12.1 Å². The molecular weight excluding hydrogens is 435 g/mol. The number of hydrogen-bond donors (Lipinski definition) is 1. The minimum absolute atomic E-state index is 0.181. The number of benzene rings is 2. The Morgan fingerprint density at radius 1 is 1.09 bits per heavy atom. The van der Waals surface area contributed by atoms with Crippen molar-refractivity contribution in [1.82, 2.24) is 19.5 Å². The molecule has 0 aliphatic heterocycles. The summed E-state index contributed by atoms with van der Waals surface area (Å²) in [6, 6.07) is 12.9. The van der Waals surface area contributed by atoms with Crippen LogP contribution in [0.3, 0.4) is 0 Å². The van der Waals surface area contributed by atoms with Gasteiger partial charge in [0.1, 0.15) is 23.7 Å². The molecule has 4 rings (SSSR count). The molecule has 0 spiro atoms. The number of ether oxygens (including phenoxy) is 1. The minimum Gasteiger partial charge on any atom is -0.439 e. The fraction of sp³-hybridized carbons (Fsp3) is 0.130. The molecular formula is C23H18F3N5O2. The summed E-state index contributed by atoms with van der Waals surface area (Å²) in [6.45, 7) is 1.75. The molecule has 0 saturated carbocycles. The molecule has 168 valence electrons. The number of carbonyl (C=O) groups excluding carboxylic acids is 1. The second-order valence-electron chi connectivity index (χ2n) is 7.13. The Morgan fingerprint density at radius 3 is 2.58 bits per heavy atom. The maximum Gasteiger partial charge on any atom is 0.416 e. The maximum absolute atomic E-state index is 12.8. The molecule has 0 unspecified atom stereocenters. The van der Waals surface area contributed by atoms with Crippen molar-refractivity contribution in [2.24, 2.45) is 0 Å². The third kappa shape index (κ3) is 5.73. The van der Waals surface area contributed by atoms with Gasteiger partial charge < -0.3 is 10.1 Å². The molecule has 2 aromatic carbocycles. The Labute approximate surface area is 186 Å². The van der Waals surface area contributed by atoms with E-state index in [1.54, 1.807) is 60.5 Å². The van der Waals surface area contributed by atoms with Gasteiger partial charge in [-0.25, -0.2) is 9.97 Å². The van der Waals surface area contributed by atoms with Gasteiger partial charge in [0.15, 0.2) is 0 Å². The molecule has 2 aromatic heterocycles. The third-order valence-corrected chi connectivity index (χ3v) is 4.55. The van der Waals surface area contributed by atoms with E-state index in [2.05, 4.69) is 20.3 Å². The predicted octanol–water partition coefficient (Wildman–Crippen LogP) is 4.96. The second kappa shape index (κ2) is 9.11. The van der Waals surface area contributed by atoms with E-state index < -0.39 is 17.6 Å². The number of alkyl halides is 3. The number of carbonyl (C=O) groups is 1. The summed E-state index contributed by atoms with van der Waals surface area (Å²) in [5, 5.41) is 2.66. The molecule has 4 aromatic rings. The first-order chi connectivity index (χ1) is 15.8. The Balaban J connectivity index is 1.39. The summed E-state index contributed by atoms with van der Waals surface area (Å²) < 4.78 is 46.0. The number of aromatic nitrogens is 4. The van der Waals surface area contributed by atoms with Crippen LogP contribution in [0.15, 0.2) is 73.3 Å². The van der Waals surface area contributed by atoms with E-state index in [1.807, 2.05) is 0 Å². The smallest absolute Gasteiger partial charge is 0.416 e. The van der Waals surface area contributed by atoms with Crippen LogP contribution < -0.4 is 10.1 Å². The van der Waals surface area contributed by atoms with Gasteiger partial charge in [-0.2, -0.15) is 18.2 Å². The number of anilines is 1. The SMILES string of the molecule is Cc1nc(Oc2ccc(NC(=O)Cc3cccc(C(F)(F)F)c3)cc2)cc(-n2ccnc2)n1. The average molecular weight is 453 g/mol. The van der Waals surface area contributed by atoms with Gasteiger partial charge >= 0.3 is 6.18 Å². The first-order valence-corrected chi connectivity index (χ1v) is 9.84. The molecule has 0 aliphatic rings. The molecule has 0 radical (unpaired) electrons. The van der Waals surface area contributed by atoms with E-state index in [9.17, 15) is 18.0 Å². The Bertz CT molecular complexity index is 1260. The van der Waals surface area contributed by atoms with Crippen LogP contribution >= 0.6 is 0 Å². The molecule has 7 nitrogen and oxygen atoms in total. The number of hydrogen-bond acceptors (Lipinski definition) is 5. The lowest BCUT2D eigenvalue weighted by Crippen LogP contribution is -2.15. The summed E-state index contributed by atoms with van der Waals surface area (Å²) in [6.07, 6.45) is 0.367. The van der Waals surface area contributed by atoms with Gasteiger partial charge in [0, 0.05) is 24.1 Å². The quantitative estimate of drug-likeness (QED) is 0.446. The predicted molar refractivity (Wildman–Crippen MR) is 114 cm³/mol. The first-order valence-electron chi connectivity index (χ1n) is 9.84. The lowest BCUT2D eigenvalue weighted by atomic mass is 10.1. The summed E-state index contributed by atoms with van der Waals surface area (Å²) in [7, 11) is 0. The summed E-state index contributed by atoms with van der Waals surface area (Å²) in [5.74, 6) is 1.52. The van der Waals surface area contributed by atoms with Gasteiger partial charge in [-0.1, -0.05) is 18.2 Å². The second-order valence-corrected chi connectivity index (χ2v) is 7.13. The Hall–Kier alpha value is -4.21. The van der Waals surface area contributed by atoms with Crippen LogP contribution in [-0.2, 0) is 17.4 Å². The molecule has 33 heavy (non-hydrogen) atoms. The van der Waals surface area contributed by atoms with E-state index in [0.717, 1.165) is 12.1 Å². The maximum atomic E-state index is 12.8. The van der Waals surface area contributed by atoms with Crippen molar-refractivity contribution in [1.29, 1.82) is 0 Å². The molecule has 0 saturated heterocycles. The third-order valence-electron chi connectivity index (χ3n) is 4.55. The Morgan fingerprint density at radius 2 is 1.88 bits per heavy atom. The van der Waals surface area contributed by atoms with Crippen LogP contribution in [0.2, 0.25) is 0 Å². The number of rotatable bonds is 6. The Kier molecular flexibility index (Phi) is 6.07. The van der Waals surface area contributed by atoms with Gasteiger partial charge in [-0.3, -0.25) is 9.36 Å². The zero-order valence-corrected chi connectivity index (χ0v) is 17.4. The highest BCUT2D eigenvalue weighted by molar-refractivity contribution is 5.92. The van der Waals surface area contributed by atoms with Gasteiger partial charge in [0.25, 0.3) is 0 Å². The zero-order chi connectivity index (χ0) is 23.4. The average Bonchev–Trinajstić information content (AvgIpc) is 3.29. The van der Waals surface area contributed by atoms with Crippen LogP contribution in [-0.4, -0.2) is 25.4 Å². The topological polar surface area (TPSA) is 81.9 Å². The molecule has 0 aliphatic carbocycles. The highest BCUT2D eigenvalue weighted by Crippen LogP contribution is 2.29. The van der Waals surface area contributed by atoms with Crippen molar-refractivity contribution in [3.8, 4) is 17.4 Å². The van der Waals surface area contributed by atoms with Crippen molar-refractivity contribution in [3.63, 3.8) is 0 Å². The lowest BCUT2D eigenvalue weighted by Gasteiger charge is -2.10. The zero-order valence-electron chi connectivity index (χ0n) is 17.4. The summed E-state index contributed by atoms with van der Waals surface area (Å²) in [4.78, 5) is 24.9. The van der Waals surface area contributed by atoms with E-state index in [-0.39, 0.29) is 12.0 Å². The fourth-order valence-electron chi connectivity index (χ4n) is 3.08. The van der Waals surface area contributed by atoms with Gasteiger partial charge in [0.2, 0.25) is 11.8 Å². The normalized spacial score (nSPS) is 11.3. The number of nitrogens with one attached hydrogen (secondary N) is 1. The minimum atomic E-state index is -4.45. The van der Waals surface area contributed by atoms with Gasteiger partial charge in [0.05, 0.1) is 12.0 Å². The highest BCUT2D eigenvalue weighted by Gasteiger charge is 2.30. The molecule has 0 bridgehead atoms. The molecule has 1 amide bonds. The fourth-order valence-corrected chi connectivity index (χ4v) is 3.08. The standard InChI is InChI=1S/C23H18F3N5O2/c1-15-28-20(31-10-9-27-14-31)13-22(29-15)33-19-7-5-18(6-8-19)30-21(32)12-16-3-2-4-17(11-16)23(24,25)26/h2-11,13-14H,12H2,1H3,(H,30,32). The summed E-state index contributed by atoms with van der Waals surface area (Å²) in [5.41, 5.74) is -0.0298. The molecule has 0 atom stereocenters. The largest absolute Gasteiger partial charge is 0.439 e. The highest BCUT2D eigenvalue weighted by atomic mass is 19.4. The van der Waals surface area contributed by atoms with Crippen LogP contribution in [0.25, 0.3) is 5.82 Å². The van der Waals surface area contributed by atoms with Gasteiger partial charge in [-0.15, -0.1) is 0 Å². The molecule has 1 N–H and O–H groups in total. The van der Waals surface area contributed by atoms with Crippen LogP contribution in [0.4, 0.5) is 18.9 Å². The van der Waals surface area contributed by atoms with Crippen molar-refractivity contribution < 1.29 is 22.7 Å². The van der Waals surface area contributed by atoms with Gasteiger partial charge in [-0.05, 0) is 42.8 Å².